The molecule has 0 spiro atoms. The van der Waals surface area contributed by atoms with Crippen molar-refractivity contribution in [2.24, 2.45) is 10.9 Å². The van der Waals surface area contributed by atoms with E-state index >= 15 is 0 Å². The molecule has 1 amide bonds. The number of nitrogens with one attached hydrogen (secondary N) is 1. The van der Waals surface area contributed by atoms with Gasteiger partial charge in [-0.3, -0.25) is 4.79 Å². The standard InChI is InChI=1S/C19H30N4O2S/c1-22(2)18(24)13-21-19(23(3)14-16-9-11-25-15-16)20-10-12-26-17-7-5-4-6-8-17/h4-8,16H,9-15H2,1-3H3,(H,20,21). The summed E-state index contributed by atoms with van der Waals surface area (Å²) in [6.07, 6.45) is 1.08. The maximum Gasteiger partial charge on any atom is 0.243 e. The number of amides is 1. The molecule has 1 saturated heterocycles. The molecule has 1 aromatic rings. The number of benzene rings is 1. The lowest BCUT2D eigenvalue weighted by atomic mass is 10.1. The fourth-order valence-corrected chi connectivity index (χ4v) is 3.43. The van der Waals surface area contributed by atoms with Crippen molar-refractivity contribution in [1.29, 1.82) is 0 Å². The van der Waals surface area contributed by atoms with Crippen molar-refractivity contribution in [2.75, 3.05) is 59.7 Å². The van der Waals surface area contributed by atoms with E-state index in [0.29, 0.717) is 5.92 Å². The van der Waals surface area contributed by atoms with E-state index in [9.17, 15) is 4.79 Å². The number of likely N-dealkylation sites (N-methyl/N-ethyl adjacent to an activating group) is 1. The summed E-state index contributed by atoms with van der Waals surface area (Å²) in [4.78, 5) is 21.3. The minimum Gasteiger partial charge on any atom is -0.381 e. The minimum absolute atomic E-state index is 0.000519. The minimum atomic E-state index is 0.000519. The molecule has 0 saturated carbocycles. The first-order valence-electron chi connectivity index (χ1n) is 9.01. The highest BCUT2D eigenvalue weighted by Gasteiger charge is 2.19. The first kappa shape index (κ1) is 20.6. The smallest absolute Gasteiger partial charge is 0.243 e. The van der Waals surface area contributed by atoms with Crippen molar-refractivity contribution in [3.63, 3.8) is 0 Å². The molecule has 7 heteroatoms. The van der Waals surface area contributed by atoms with Crippen LogP contribution >= 0.6 is 11.8 Å². The largest absolute Gasteiger partial charge is 0.381 e. The van der Waals surface area contributed by atoms with E-state index in [1.54, 1.807) is 30.8 Å². The fraction of sp³-hybridized carbons (Fsp3) is 0.579. The van der Waals surface area contributed by atoms with Crippen LogP contribution < -0.4 is 5.32 Å². The van der Waals surface area contributed by atoms with Gasteiger partial charge in [0, 0.05) is 57.4 Å². The third kappa shape index (κ3) is 7.25. The Kier molecular flexibility index (Phi) is 8.77. The zero-order chi connectivity index (χ0) is 18.8. The van der Waals surface area contributed by atoms with Crippen molar-refractivity contribution in [3.05, 3.63) is 30.3 Å². The van der Waals surface area contributed by atoms with Crippen LogP contribution in [-0.2, 0) is 9.53 Å². The number of carbonyl (C=O) groups excluding carboxylic acids is 1. The van der Waals surface area contributed by atoms with Crippen LogP contribution in [0.2, 0.25) is 0 Å². The second kappa shape index (κ2) is 11.1. The molecule has 1 aromatic carbocycles. The molecule has 0 bridgehead atoms. The molecule has 2 rings (SSSR count). The fourth-order valence-electron chi connectivity index (χ4n) is 2.65. The van der Waals surface area contributed by atoms with Gasteiger partial charge in [-0.25, -0.2) is 4.99 Å². The SMILES string of the molecule is CN(C)C(=O)CN=C(NCCSc1ccccc1)N(C)CC1CCOC1. The molecule has 1 fully saturated rings. The highest BCUT2D eigenvalue weighted by molar-refractivity contribution is 7.99. The molecule has 0 radical (unpaired) electrons. The van der Waals surface area contributed by atoms with Gasteiger partial charge in [-0.05, 0) is 18.6 Å². The number of hydrogen-bond donors (Lipinski definition) is 1. The lowest BCUT2D eigenvalue weighted by Crippen LogP contribution is -2.43. The molecule has 1 N–H and O–H groups in total. The van der Waals surface area contributed by atoms with Crippen LogP contribution in [-0.4, -0.2) is 81.4 Å². The van der Waals surface area contributed by atoms with Gasteiger partial charge in [0.1, 0.15) is 6.54 Å². The molecule has 6 nitrogen and oxygen atoms in total. The number of rotatable bonds is 8. The van der Waals surface area contributed by atoms with Gasteiger partial charge in [0.2, 0.25) is 5.91 Å². The Hall–Kier alpha value is -1.73. The summed E-state index contributed by atoms with van der Waals surface area (Å²) in [5.41, 5.74) is 0. The van der Waals surface area contributed by atoms with E-state index in [4.69, 9.17) is 4.74 Å². The quantitative estimate of drug-likeness (QED) is 0.323. The topological polar surface area (TPSA) is 57.2 Å². The van der Waals surface area contributed by atoms with Crippen molar-refractivity contribution < 1.29 is 9.53 Å². The molecule has 1 aliphatic rings. The lowest BCUT2D eigenvalue weighted by molar-refractivity contribution is -0.127. The second-order valence-electron chi connectivity index (χ2n) is 6.63. The van der Waals surface area contributed by atoms with Crippen molar-refractivity contribution in [3.8, 4) is 0 Å². The third-order valence-corrected chi connectivity index (χ3v) is 5.19. The van der Waals surface area contributed by atoms with Gasteiger partial charge in [0.15, 0.2) is 5.96 Å². The van der Waals surface area contributed by atoms with Gasteiger partial charge in [0.25, 0.3) is 0 Å². The number of ether oxygens (including phenoxy) is 1. The Morgan fingerprint density at radius 3 is 2.73 bits per heavy atom. The zero-order valence-electron chi connectivity index (χ0n) is 16.0. The predicted molar refractivity (Wildman–Crippen MR) is 108 cm³/mol. The number of guanidine groups is 1. The van der Waals surface area contributed by atoms with Gasteiger partial charge in [-0.1, -0.05) is 18.2 Å². The summed E-state index contributed by atoms with van der Waals surface area (Å²) in [6.45, 7) is 3.48. The third-order valence-electron chi connectivity index (χ3n) is 4.18. The second-order valence-corrected chi connectivity index (χ2v) is 7.79. The highest BCUT2D eigenvalue weighted by atomic mass is 32.2. The Morgan fingerprint density at radius 1 is 1.31 bits per heavy atom. The summed E-state index contributed by atoms with van der Waals surface area (Å²) in [6, 6.07) is 10.3. The van der Waals surface area contributed by atoms with E-state index in [1.807, 2.05) is 25.2 Å². The summed E-state index contributed by atoms with van der Waals surface area (Å²) in [5.74, 6) is 2.24. The zero-order valence-corrected chi connectivity index (χ0v) is 16.8. The highest BCUT2D eigenvalue weighted by Crippen LogP contribution is 2.16. The average Bonchev–Trinajstić information content (AvgIpc) is 3.14. The lowest BCUT2D eigenvalue weighted by Gasteiger charge is -2.25. The first-order chi connectivity index (χ1) is 12.6. The first-order valence-corrected chi connectivity index (χ1v) is 10.00. The van der Waals surface area contributed by atoms with Crippen LogP contribution in [0.15, 0.2) is 40.2 Å². The van der Waals surface area contributed by atoms with Gasteiger partial charge >= 0.3 is 0 Å². The van der Waals surface area contributed by atoms with E-state index in [0.717, 1.165) is 44.4 Å². The van der Waals surface area contributed by atoms with Crippen LogP contribution in [0.3, 0.4) is 0 Å². The Morgan fingerprint density at radius 2 is 2.08 bits per heavy atom. The Labute approximate surface area is 161 Å². The molecule has 1 atom stereocenters. The number of hydrogen-bond acceptors (Lipinski definition) is 4. The van der Waals surface area contributed by atoms with E-state index in [2.05, 4.69) is 27.3 Å². The molecule has 1 heterocycles. The van der Waals surface area contributed by atoms with Crippen LogP contribution in [0.4, 0.5) is 0 Å². The van der Waals surface area contributed by atoms with E-state index < -0.39 is 0 Å². The molecule has 1 unspecified atom stereocenters. The molecule has 1 aliphatic heterocycles. The number of aliphatic imine (C=N–C) groups is 1. The van der Waals surface area contributed by atoms with Gasteiger partial charge in [-0.2, -0.15) is 0 Å². The van der Waals surface area contributed by atoms with Gasteiger partial charge < -0.3 is 19.9 Å². The normalized spacial score (nSPS) is 17.2. The molecular formula is C19H30N4O2S. The van der Waals surface area contributed by atoms with Crippen LogP contribution in [0.1, 0.15) is 6.42 Å². The van der Waals surface area contributed by atoms with Gasteiger partial charge in [-0.15, -0.1) is 11.8 Å². The van der Waals surface area contributed by atoms with E-state index in [1.165, 1.54) is 4.90 Å². The molecular weight excluding hydrogens is 348 g/mol. The van der Waals surface area contributed by atoms with Gasteiger partial charge in [0.05, 0.1) is 6.61 Å². The van der Waals surface area contributed by atoms with Crippen molar-refractivity contribution in [1.82, 2.24) is 15.1 Å². The number of carbonyl (C=O) groups is 1. The van der Waals surface area contributed by atoms with Crippen LogP contribution in [0.5, 0.6) is 0 Å². The Bertz CT molecular complexity index is 574. The summed E-state index contributed by atoms with van der Waals surface area (Å²) >= 11 is 1.81. The summed E-state index contributed by atoms with van der Waals surface area (Å²) in [7, 11) is 5.52. The maximum atomic E-state index is 11.9. The van der Waals surface area contributed by atoms with Crippen LogP contribution in [0.25, 0.3) is 0 Å². The molecule has 0 aliphatic carbocycles. The van der Waals surface area contributed by atoms with Crippen LogP contribution in [0, 0.1) is 5.92 Å². The summed E-state index contributed by atoms with van der Waals surface area (Å²) < 4.78 is 5.46. The van der Waals surface area contributed by atoms with Crippen molar-refractivity contribution in [2.45, 2.75) is 11.3 Å². The van der Waals surface area contributed by atoms with E-state index in [-0.39, 0.29) is 12.5 Å². The monoisotopic (exact) mass is 378 g/mol. The molecule has 0 aromatic heterocycles. The number of nitrogens with zero attached hydrogens (tertiary/aromatic N) is 3. The Balaban J connectivity index is 1.86. The number of thioether (sulfide) groups is 1. The maximum absolute atomic E-state index is 11.9. The average molecular weight is 379 g/mol. The molecule has 26 heavy (non-hydrogen) atoms. The molecule has 144 valence electrons. The predicted octanol–water partition coefficient (Wildman–Crippen LogP) is 1.78. The summed E-state index contributed by atoms with van der Waals surface area (Å²) in [5, 5.41) is 3.40. The van der Waals surface area contributed by atoms with Crippen molar-refractivity contribution >= 4 is 23.6 Å².